The maximum absolute atomic E-state index is 11.8. The van der Waals surface area contributed by atoms with E-state index in [-0.39, 0.29) is 89.6 Å². The number of alkyl halides is 1. The molecule has 25 nitrogen and oxygen atoms in total. The highest BCUT2D eigenvalue weighted by atomic mass is 36.0. The number of carbonyl (C=O) groups is 3. The van der Waals surface area contributed by atoms with Gasteiger partial charge in [-0.1, -0.05) is 28.2 Å². The number of likely N-dealkylation sites (N-methyl/N-ethyl adjacent to an activating group) is 3. The lowest BCUT2D eigenvalue weighted by atomic mass is 10.1. The molecule has 83 heavy (non-hydrogen) atoms. The monoisotopic (exact) mass is 1280 g/mol. The van der Waals surface area contributed by atoms with E-state index in [4.69, 9.17) is 31.9 Å². The van der Waals surface area contributed by atoms with Crippen molar-refractivity contribution in [2.75, 3.05) is 40.8 Å². The van der Waals surface area contributed by atoms with E-state index in [9.17, 15) is 54.0 Å². The van der Waals surface area contributed by atoms with E-state index in [1.807, 2.05) is 0 Å². The maximum Gasteiger partial charge on any atom is 0.236 e. The smallest absolute Gasteiger partial charge is 0.236 e. The van der Waals surface area contributed by atoms with Gasteiger partial charge in [0.15, 0.2) is 23.0 Å². The molecule has 16 N–H and O–H groups in total. The first kappa shape index (κ1) is 88.2. The number of amides is 3. The van der Waals surface area contributed by atoms with Gasteiger partial charge >= 0.3 is 0 Å². The third-order valence-electron chi connectivity index (χ3n) is 11.2. The summed E-state index contributed by atoms with van der Waals surface area (Å²) < 4.78 is 9.09. The van der Waals surface area contributed by atoms with E-state index in [0.29, 0.717) is 39.5 Å². The van der Waals surface area contributed by atoms with Crippen molar-refractivity contribution in [1.29, 1.82) is 5.26 Å². The Morgan fingerprint density at radius 3 is 1.02 bits per heavy atom. The third kappa shape index (κ3) is 34.4. The van der Waals surface area contributed by atoms with Crippen LogP contribution in [0.4, 0.5) is 0 Å². The van der Waals surface area contributed by atoms with Gasteiger partial charge in [0.25, 0.3) is 0 Å². The number of aromatic hydroxyl groups is 4. The highest BCUT2D eigenvalue weighted by Gasteiger charge is 2.20. The number of aryl methyl sites for hydroxylation is 4. The Morgan fingerprint density at radius 2 is 0.831 bits per heavy atom. The van der Waals surface area contributed by atoms with Gasteiger partial charge in [-0.15, -0.1) is 24.0 Å². The number of hydrogen-bond acceptors (Lipinski definition) is 18. The Hall–Kier alpha value is -5.99. The quantitative estimate of drug-likeness (QED) is 0.0544. The lowest BCUT2D eigenvalue weighted by Crippen LogP contribution is -2.42. The Kier molecular flexibility index (Phi) is 50.4. The predicted octanol–water partition coefficient (Wildman–Crippen LogP) is 5.54. The summed E-state index contributed by atoms with van der Waals surface area (Å²) in [5, 5.41) is 67.0. The summed E-state index contributed by atoms with van der Waals surface area (Å²) in [7, 11) is 12.0. The fourth-order valence-corrected chi connectivity index (χ4v) is 6.33. The molecule has 30 heteroatoms. The van der Waals surface area contributed by atoms with Crippen molar-refractivity contribution in [2.24, 2.45) is 5.73 Å². The van der Waals surface area contributed by atoms with Gasteiger partial charge in [0.1, 0.15) is 0 Å². The molecule has 0 saturated heterocycles. The summed E-state index contributed by atoms with van der Waals surface area (Å²) in [6, 6.07) is -0.161. The van der Waals surface area contributed by atoms with Crippen LogP contribution in [0.25, 0.3) is 0 Å². The fourth-order valence-electron chi connectivity index (χ4n) is 6.17. The topological polar surface area (TPSA) is 414 Å². The van der Waals surface area contributed by atoms with E-state index in [0.717, 1.165) is 0 Å². The minimum absolute atomic E-state index is 0. The Labute approximate surface area is 509 Å². The second-order valence-electron chi connectivity index (χ2n) is 17.4. The number of halogens is 4. The highest BCUT2D eigenvalue weighted by molar-refractivity contribution is 8.26. The van der Waals surface area contributed by atoms with Crippen LogP contribution in [0.2, 0.25) is 0 Å². The van der Waals surface area contributed by atoms with Gasteiger partial charge in [-0.3, -0.25) is 44.2 Å². The number of nitrogens with one attached hydrogen (secondary N) is 9. The molecule has 4 aromatic rings. The number of pyridine rings is 4. The zero-order chi connectivity index (χ0) is 64.2. The Morgan fingerprint density at radius 1 is 0.602 bits per heavy atom. The summed E-state index contributed by atoms with van der Waals surface area (Å²) >= 11 is 5.70. The molecule has 0 aliphatic rings. The second-order valence-corrected chi connectivity index (χ2v) is 20.5. The van der Waals surface area contributed by atoms with Gasteiger partial charge < -0.3 is 72.1 Å². The largest absolute Gasteiger partial charge is 0.503 e. The molecule has 2 unspecified atom stereocenters. The van der Waals surface area contributed by atoms with Crippen LogP contribution in [-0.4, -0.2) is 131 Å². The molecule has 0 aliphatic carbocycles. The number of rotatable bonds is 14. The molecule has 7 atom stereocenters. The van der Waals surface area contributed by atoms with Crippen LogP contribution in [0.5, 0.6) is 23.0 Å². The van der Waals surface area contributed by atoms with Crippen LogP contribution in [-0.2, 0) is 23.6 Å². The molecule has 3 amide bonds. The molecule has 0 saturated carbocycles. The number of nitrogens with two attached hydrogens (primary N) is 1. The summed E-state index contributed by atoms with van der Waals surface area (Å²) in [5.41, 5.74) is 6.47. The van der Waals surface area contributed by atoms with E-state index in [1.54, 1.807) is 109 Å². The zero-order valence-electron chi connectivity index (χ0n) is 49.9. The van der Waals surface area contributed by atoms with Crippen LogP contribution in [0.3, 0.4) is 0 Å². The van der Waals surface area contributed by atoms with E-state index in [1.165, 1.54) is 45.9 Å². The molecule has 0 radical (unpaired) electrons. The van der Waals surface area contributed by atoms with Crippen molar-refractivity contribution >= 4 is 72.3 Å². The van der Waals surface area contributed by atoms with Crippen LogP contribution in [0, 0.1) is 39.0 Å². The summed E-state index contributed by atoms with van der Waals surface area (Å²) in [4.78, 5) is 92.6. The number of aliphatic hydroxyl groups is 1. The average Bonchev–Trinajstić information content (AvgIpc) is 3.44. The highest BCUT2D eigenvalue weighted by Crippen LogP contribution is 2.19. The number of aromatic amines is 4. The molecular weight excluding hydrogens is 1190 g/mol. The van der Waals surface area contributed by atoms with Crippen molar-refractivity contribution in [1.82, 2.24) is 51.4 Å². The van der Waals surface area contributed by atoms with E-state index < -0.39 is 49.1 Å². The Balaban J connectivity index is -0.000000214. The van der Waals surface area contributed by atoms with Gasteiger partial charge in [0.2, 0.25) is 48.7 Å². The lowest BCUT2D eigenvalue weighted by Gasteiger charge is -2.19. The van der Waals surface area contributed by atoms with Gasteiger partial charge in [-0.25, -0.2) is 4.21 Å². The molecule has 4 heterocycles. The minimum Gasteiger partial charge on any atom is -0.503 e. The number of aromatic nitrogens is 4. The van der Waals surface area contributed by atoms with Crippen LogP contribution in [0.15, 0.2) is 44.0 Å². The number of nitrogens with zero attached hydrogens (tertiary/aromatic N) is 2. The molecular formula is C53H92Cl4N12O13S. The molecule has 476 valence electrons. The average molecular weight is 1280 g/mol. The van der Waals surface area contributed by atoms with Gasteiger partial charge in [-0.2, -0.15) is 5.26 Å². The first-order valence-corrected chi connectivity index (χ1v) is 28.4. The van der Waals surface area contributed by atoms with Crippen molar-refractivity contribution in [3.63, 3.8) is 0 Å². The molecule has 0 aromatic carbocycles. The molecule has 4 rings (SSSR count). The number of H-pyrrole nitrogens is 4. The van der Waals surface area contributed by atoms with Crippen molar-refractivity contribution in [2.45, 2.75) is 153 Å². The minimum atomic E-state index is -1.67. The number of hydrogen-bond donors (Lipinski definition) is 15. The van der Waals surface area contributed by atoms with Crippen molar-refractivity contribution < 1.29 is 44.1 Å². The second kappa shape index (κ2) is 47.4. The van der Waals surface area contributed by atoms with Crippen LogP contribution in [0.1, 0.15) is 152 Å². The van der Waals surface area contributed by atoms with Gasteiger partial charge in [0.05, 0.1) is 58.5 Å². The van der Waals surface area contributed by atoms with Crippen molar-refractivity contribution in [3.8, 4) is 29.1 Å². The third-order valence-corrected chi connectivity index (χ3v) is 11.4. The normalized spacial score (nSPS) is 12.3. The lowest BCUT2D eigenvalue weighted by molar-refractivity contribution is -0.123. The maximum atomic E-state index is 11.8. The summed E-state index contributed by atoms with van der Waals surface area (Å²) in [6.07, 6.45) is 5.16. The molecule has 0 bridgehead atoms. The van der Waals surface area contributed by atoms with Crippen LogP contribution < -0.4 is 54.0 Å². The van der Waals surface area contributed by atoms with E-state index >= 15 is 0 Å². The molecule has 0 spiro atoms. The molecule has 0 aliphatic heterocycles. The predicted molar refractivity (Wildman–Crippen MR) is 335 cm³/mol. The summed E-state index contributed by atoms with van der Waals surface area (Å²) in [5.74, 6) is -1.58. The van der Waals surface area contributed by atoms with Crippen molar-refractivity contribution in [3.05, 3.63) is 111 Å². The number of carbonyl (C=O) groups excluding carboxylic acids is 3. The zero-order valence-corrected chi connectivity index (χ0v) is 53.8. The summed E-state index contributed by atoms with van der Waals surface area (Å²) in [6.45, 7) is 29.7. The SMILES string of the molecule is C.CC#N.CCN(CC)CC.CNC(=O)[C@H](C)N.CNC(=O)[C@H](C)N[C@@H](C)c1c[nH]c(C)c(O)c1=O.CNC(=O)[C@H](C)N[C@H](C)c1c[nH]c(C)c(O)c1=O.Cc1[nH]cc(C(C)Cl)c(=O)c1O.Cc1[nH]cc(C(C)O)c(=O)c1O.Cl.O=S(Cl)Cl. The first-order valence-electron chi connectivity index (χ1n) is 25.2. The Bertz CT molecular complexity index is 2670. The molecule has 0 fully saturated rings. The number of nitriles is 1. The first-order chi connectivity index (χ1) is 37.5. The number of aliphatic hydroxyl groups excluding tert-OH is 1. The fraction of sp³-hybridized carbons (Fsp3) is 0.547. The standard InChI is InChI=1S/2C12H19N3O3.C8H10ClNO2.C8H11NO3.C6H15N.C4H10N2O.C2H3N.CH4.Cl2OS.ClH/c2*1-6(15-8(3)12(18)13-4)9-5-14-7(2)10(16)11(9)17;1-4(9)6-3-10-5(2)7(11)8(6)12;1-4-7(11)8(12)6(3-9-4)5(2)10;1-4-7(5-2)6-3;1-3(5)4(7)6-2;1-2-3;;1-4(2)3;/h2*5-6,8,15-16H,1-4H3,(H,13,18)(H,14,17);3-4,11H,1-2H3,(H,10,12);3,5,10-11H,1-2H3,(H,9,12);4-6H2,1-3H3;3H,5H2,1-2H3,(H,6,7);1H3;1H4;;1H/t6-,8+;6-,8-;;;;3-;;;;/m10...0..../s1. The van der Waals surface area contributed by atoms with E-state index in [2.05, 4.69) is 93.6 Å². The molecule has 4 aromatic heterocycles. The van der Waals surface area contributed by atoms with Gasteiger partial charge in [-0.05, 0) is 95.8 Å². The van der Waals surface area contributed by atoms with Gasteiger partial charge in [0, 0.05) is 109 Å². The van der Waals surface area contributed by atoms with Crippen LogP contribution >= 0.6 is 45.4 Å².